The van der Waals surface area contributed by atoms with Crippen molar-refractivity contribution >= 4 is 6.08 Å². The lowest BCUT2D eigenvalue weighted by Crippen LogP contribution is -2.45. The van der Waals surface area contributed by atoms with Crippen LogP contribution in [0.4, 0.5) is 0 Å². The highest BCUT2D eigenvalue weighted by molar-refractivity contribution is 5.48. The van der Waals surface area contributed by atoms with Gasteiger partial charge in [0.1, 0.15) is 0 Å². The molecule has 0 aliphatic carbocycles. The van der Waals surface area contributed by atoms with Crippen LogP contribution in [0.2, 0.25) is 0 Å². The molecule has 0 spiro atoms. The van der Waals surface area contributed by atoms with Crippen LogP contribution in [0.15, 0.2) is 36.4 Å². The second-order valence-electron chi connectivity index (χ2n) is 6.05. The lowest BCUT2D eigenvalue weighted by molar-refractivity contribution is 0.0239. The number of nitrogens with one attached hydrogen (secondary N) is 1. The minimum absolute atomic E-state index is 0.547. The highest BCUT2D eigenvalue weighted by Crippen LogP contribution is 2.16. The number of β-amino-alcohol motifs (C(OH)–C–C–N with tert-alkyl or cyclic N) is 1. The molecule has 1 aromatic rings. The van der Waals surface area contributed by atoms with E-state index in [1.807, 2.05) is 6.07 Å². The van der Waals surface area contributed by atoms with E-state index in [0.29, 0.717) is 0 Å². The van der Waals surface area contributed by atoms with E-state index in [0.717, 1.165) is 39.1 Å². The maximum Gasteiger partial charge on any atom is 0.0909 e. The Bertz CT molecular complexity index is 424. The van der Waals surface area contributed by atoms with Crippen LogP contribution in [-0.2, 0) is 0 Å². The number of nitrogens with zero attached hydrogens (tertiary/aromatic N) is 1. The fourth-order valence-electron chi connectivity index (χ4n) is 2.80. The van der Waals surface area contributed by atoms with E-state index in [4.69, 9.17) is 0 Å². The minimum atomic E-state index is -0.547. The van der Waals surface area contributed by atoms with Crippen molar-refractivity contribution in [2.75, 3.05) is 32.7 Å². The molecule has 2 rings (SSSR count). The topological polar surface area (TPSA) is 35.5 Å². The SMILES string of the molecule is CCCCN(C/C=C/c1ccccc1)CC1(O)CCNC1. The maximum absolute atomic E-state index is 10.5. The van der Waals surface area contributed by atoms with Gasteiger partial charge < -0.3 is 10.4 Å². The number of hydrogen-bond donors (Lipinski definition) is 2. The molecule has 1 aliphatic rings. The van der Waals surface area contributed by atoms with Gasteiger partial charge in [-0.15, -0.1) is 0 Å². The van der Waals surface area contributed by atoms with Gasteiger partial charge in [-0.05, 0) is 31.5 Å². The molecule has 2 N–H and O–H groups in total. The zero-order valence-corrected chi connectivity index (χ0v) is 13.1. The summed E-state index contributed by atoms with van der Waals surface area (Å²) in [5.74, 6) is 0. The van der Waals surface area contributed by atoms with Crippen LogP contribution in [-0.4, -0.2) is 48.3 Å². The molecule has 1 aliphatic heterocycles. The van der Waals surface area contributed by atoms with Crippen LogP contribution in [0.1, 0.15) is 31.7 Å². The van der Waals surface area contributed by atoms with E-state index in [9.17, 15) is 5.11 Å². The van der Waals surface area contributed by atoms with E-state index in [1.165, 1.54) is 18.4 Å². The van der Waals surface area contributed by atoms with E-state index in [-0.39, 0.29) is 0 Å². The molecule has 0 saturated carbocycles. The van der Waals surface area contributed by atoms with Crippen LogP contribution >= 0.6 is 0 Å². The Kier molecular flexibility index (Phi) is 6.43. The van der Waals surface area contributed by atoms with Crippen LogP contribution in [0.5, 0.6) is 0 Å². The molecule has 1 heterocycles. The first-order valence-corrected chi connectivity index (χ1v) is 8.09. The van der Waals surface area contributed by atoms with Crippen LogP contribution in [0.25, 0.3) is 6.08 Å². The number of aliphatic hydroxyl groups is 1. The van der Waals surface area contributed by atoms with Crippen molar-refractivity contribution in [1.82, 2.24) is 10.2 Å². The second-order valence-corrected chi connectivity index (χ2v) is 6.05. The van der Waals surface area contributed by atoms with Crippen molar-refractivity contribution in [3.8, 4) is 0 Å². The van der Waals surface area contributed by atoms with Gasteiger partial charge in [0.15, 0.2) is 0 Å². The summed E-state index contributed by atoms with van der Waals surface area (Å²) in [4.78, 5) is 2.37. The van der Waals surface area contributed by atoms with Crippen molar-refractivity contribution in [3.05, 3.63) is 42.0 Å². The predicted molar refractivity (Wildman–Crippen MR) is 89.3 cm³/mol. The zero-order valence-electron chi connectivity index (χ0n) is 13.1. The van der Waals surface area contributed by atoms with E-state index < -0.39 is 5.60 Å². The smallest absolute Gasteiger partial charge is 0.0909 e. The van der Waals surface area contributed by atoms with Gasteiger partial charge in [0, 0.05) is 19.6 Å². The normalized spacial score (nSPS) is 22.4. The first-order valence-electron chi connectivity index (χ1n) is 8.09. The van der Waals surface area contributed by atoms with Gasteiger partial charge in [0.2, 0.25) is 0 Å². The van der Waals surface area contributed by atoms with Gasteiger partial charge in [-0.1, -0.05) is 55.8 Å². The van der Waals surface area contributed by atoms with Gasteiger partial charge in [-0.25, -0.2) is 0 Å². The van der Waals surface area contributed by atoms with Crippen LogP contribution in [0.3, 0.4) is 0 Å². The lowest BCUT2D eigenvalue weighted by atomic mass is 10.0. The van der Waals surface area contributed by atoms with E-state index in [2.05, 4.69) is 53.6 Å². The fraction of sp³-hybridized carbons (Fsp3) is 0.556. The summed E-state index contributed by atoms with van der Waals surface area (Å²) < 4.78 is 0. The number of hydrogen-bond acceptors (Lipinski definition) is 3. The number of unbranched alkanes of at least 4 members (excludes halogenated alkanes) is 1. The summed E-state index contributed by atoms with van der Waals surface area (Å²) in [7, 11) is 0. The quantitative estimate of drug-likeness (QED) is 0.771. The molecule has 1 unspecified atom stereocenters. The monoisotopic (exact) mass is 288 g/mol. The van der Waals surface area contributed by atoms with Gasteiger partial charge in [0.25, 0.3) is 0 Å². The maximum atomic E-state index is 10.5. The zero-order chi connectivity index (χ0) is 15.0. The van der Waals surface area contributed by atoms with Crippen molar-refractivity contribution in [2.45, 2.75) is 31.8 Å². The molecule has 3 heteroatoms. The molecule has 0 radical (unpaired) electrons. The summed E-state index contributed by atoms with van der Waals surface area (Å²) in [5, 5.41) is 13.8. The number of benzene rings is 1. The Hall–Kier alpha value is -1.16. The molecule has 3 nitrogen and oxygen atoms in total. The van der Waals surface area contributed by atoms with Gasteiger partial charge >= 0.3 is 0 Å². The van der Waals surface area contributed by atoms with Crippen LogP contribution < -0.4 is 5.32 Å². The predicted octanol–water partition coefficient (Wildman–Crippen LogP) is 2.53. The second kappa shape index (κ2) is 8.32. The van der Waals surface area contributed by atoms with E-state index in [1.54, 1.807) is 0 Å². The molecule has 0 bridgehead atoms. The minimum Gasteiger partial charge on any atom is -0.387 e. The third kappa shape index (κ3) is 5.62. The van der Waals surface area contributed by atoms with Crippen molar-refractivity contribution in [1.29, 1.82) is 0 Å². The first-order chi connectivity index (χ1) is 10.2. The van der Waals surface area contributed by atoms with Crippen molar-refractivity contribution < 1.29 is 5.11 Å². The number of rotatable bonds is 8. The molecule has 1 aromatic carbocycles. The molecular weight excluding hydrogens is 260 g/mol. The molecule has 0 aromatic heterocycles. The van der Waals surface area contributed by atoms with Gasteiger partial charge in [-0.2, -0.15) is 0 Å². The Morgan fingerprint density at radius 2 is 2.14 bits per heavy atom. The summed E-state index contributed by atoms with van der Waals surface area (Å²) in [6.45, 7) is 6.58. The third-order valence-corrected chi connectivity index (χ3v) is 4.04. The average molecular weight is 288 g/mol. The Balaban J connectivity index is 1.88. The largest absolute Gasteiger partial charge is 0.387 e. The molecular formula is C18H28N2O. The van der Waals surface area contributed by atoms with Crippen molar-refractivity contribution in [2.24, 2.45) is 0 Å². The third-order valence-electron chi connectivity index (χ3n) is 4.04. The Morgan fingerprint density at radius 1 is 1.33 bits per heavy atom. The highest BCUT2D eigenvalue weighted by atomic mass is 16.3. The van der Waals surface area contributed by atoms with Crippen LogP contribution in [0, 0.1) is 0 Å². The standard InChI is InChI=1S/C18H28N2O/c1-2-3-13-20(16-18(21)11-12-19-15-18)14-7-10-17-8-5-4-6-9-17/h4-10,19,21H,2-3,11-16H2,1H3/b10-7+. The molecule has 116 valence electrons. The van der Waals surface area contributed by atoms with Gasteiger partial charge in [-0.3, -0.25) is 4.90 Å². The van der Waals surface area contributed by atoms with Gasteiger partial charge in [0.05, 0.1) is 5.60 Å². The summed E-state index contributed by atoms with van der Waals surface area (Å²) in [5.41, 5.74) is 0.683. The van der Waals surface area contributed by atoms with Crippen molar-refractivity contribution in [3.63, 3.8) is 0 Å². The average Bonchev–Trinajstić information content (AvgIpc) is 2.92. The molecule has 0 amide bonds. The summed E-state index contributed by atoms with van der Waals surface area (Å²) in [6, 6.07) is 10.4. The Labute approximate surface area is 128 Å². The first kappa shape index (κ1) is 16.2. The Morgan fingerprint density at radius 3 is 2.81 bits per heavy atom. The fourth-order valence-corrected chi connectivity index (χ4v) is 2.80. The molecule has 21 heavy (non-hydrogen) atoms. The highest BCUT2D eigenvalue weighted by Gasteiger charge is 2.32. The molecule has 1 fully saturated rings. The molecule has 1 atom stereocenters. The lowest BCUT2D eigenvalue weighted by Gasteiger charge is -2.30. The van der Waals surface area contributed by atoms with E-state index >= 15 is 0 Å². The summed E-state index contributed by atoms with van der Waals surface area (Å²) in [6.07, 6.45) is 7.60. The summed E-state index contributed by atoms with van der Waals surface area (Å²) >= 11 is 0. The molecule has 1 saturated heterocycles.